The molecule has 0 fully saturated rings. The molecule has 0 aliphatic carbocycles. The molecule has 126 valence electrons. The minimum absolute atomic E-state index is 0.0410. The lowest BCUT2D eigenvalue weighted by atomic mass is 9.79. The fraction of sp³-hybridized carbons (Fsp3) is 0.222. The number of hydrogen-bond donors (Lipinski definition) is 2. The van der Waals surface area contributed by atoms with E-state index in [2.05, 4.69) is 0 Å². The first-order chi connectivity index (χ1) is 11.4. The van der Waals surface area contributed by atoms with Crippen LogP contribution in [0.4, 0.5) is 4.39 Å². The van der Waals surface area contributed by atoms with E-state index in [1.807, 2.05) is 0 Å². The molecule has 0 atom stereocenters. The molecule has 6 heteroatoms. The van der Waals surface area contributed by atoms with Crippen molar-refractivity contribution in [3.05, 3.63) is 59.9 Å². The minimum atomic E-state index is -1.88. The van der Waals surface area contributed by atoms with Crippen LogP contribution in [-0.2, 0) is 16.0 Å². The summed E-state index contributed by atoms with van der Waals surface area (Å²) in [6, 6.07) is 12.0. The van der Waals surface area contributed by atoms with Crippen molar-refractivity contribution in [2.45, 2.75) is 19.8 Å². The van der Waals surface area contributed by atoms with Gasteiger partial charge in [-0.15, -0.1) is 0 Å². The lowest BCUT2D eigenvalue weighted by molar-refractivity contribution is -0.164. The molecule has 0 radical (unpaired) electrons. The normalized spacial score (nSPS) is 11.1. The highest BCUT2D eigenvalue weighted by molar-refractivity contribution is 5.98. The van der Waals surface area contributed by atoms with E-state index in [1.54, 1.807) is 24.3 Å². The van der Waals surface area contributed by atoms with Gasteiger partial charge >= 0.3 is 11.9 Å². The van der Waals surface area contributed by atoms with Gasteiger partial charge in [0.05, 0.1) is 0 Å². The van der Waals surface area contributed by atoms with E-state index in [9.17, 15) is 24.2 Å². The second-order valence-corrected chi connectivity index (χ2v) is 5.43. The summed E-state index contributed by atoms with van der Waals surface area (Å²) in [4.78, 5) is 22.9. The summed E-state index contributed by atoms with van der Waals surface area (Å²) >= 11 is 0. The Labute approximate surface area is 138 Å². The van der Waals surface area contributed by atoms with E-state index in [1.165, 1.54) is 31.2 Å². The number of rotatable bonds is 7. The Kier molecular flexibility index (Phi) is 5.18. The molecule has 24 heavy (non-hydrogen) atoms. The SMILES string of the molecule is CCC(Cc1cccc(Oc2ccc(F)cc2)c1)(C(=O)O)C(=O)O. The van der Waals surface area contributed by atoms with Crippen LogP contribution in [0.2, 0.25) is 0 Å². The van der Waals surface area contributed by atoms with Crippen molar-refractivity contribution in [1.82, 2.24) is 0 Å². The van der Waals surface area contributed by atoms with E-state index < -0.39 is 17.4 Å². The molecule has 0 amide bonds. The third-order valence-corrected chi connectivity index (χ3v) is 3.88. The molecule has 5 nitrogen and oxygen atoms in total. The molecule has 0 heterocycles. The molecule has 0 saturated heterocycles. The zero-order chi connectivity index (χ0) is 17.7. The molecule has 0 saturated carbocycles. The number of carboxylic acids is 2. The van der Waals surface area contributed by atoms with Crippen molar-refractivity contribution in [2.24, 2.45) is 5.41 Å². The Hall–Kier alpha value is -2.89. The van der Waals surface area contributed by atoms with Gasteiger partial charge in [-0.3, -0.25) is 9.59 Å². The fourth-order valence-corrected chi connectivity index (χ4v) is 2.38. The van der Waals surface area contributed by atoms with Crippen LogP contribution in [0.5, 0.6) is 11.5 Å². The molecule has 0 aliphatic heterocycles. The number of halogens is 1. The van der Waals surface area contributed by atoms with Gasteiger partial charge in [0.2, 0.25) is 0 Å². The Morgan fingerprint density at radius 2 is 1.67 bits per heavy atom. The van der Waals surface area contributed by atoms with Gasteiger partial charge in [-0.05, 0) is 54.8 Å². The molecule has 0 aromatic heterocycles. The maximum atomic E-state index is 12.9. The summed E-state index contributed by atoms with van der Waals surface area (Å²) in [7, 11) is 0. The van der Waals surface area contributed by atoms with Gasteiger partial charge in [0.15, 0.2) is 5.41 Å². The lowest BCUT2D eigenvalue weighted by Gasteiger charge is -2.23. The zero-order valence-corrected chi connectivity index (χ0v) is 13.0. The molecule has 2 rings (SSSR count). The van der Waals surface area contributed by atoms with Crippen molar-refractivity contribution >= 4 is 11.9 Å². The topological polar surface area (TPSA) is 83.8 Å². The Bertz CT molecular complexity index is 725. The van der Waals surface area contributed by atoms with Gasteiger partial charge in [-0.1, -0.05) is 19.1 Å². The van der Waals surface area contributed by atoms with Crippen LogP contribution < -0.4 is 4.74 Å². The van der Waals surface area contributed by atoms with Crippen LogP contribution in [0, 0.1) is 11.2 Å². The van der Waals surface area contributed by atoms with E-state index in [4.69, 9.17) is 4.74 Å². The van der Waals surface area contributed by atoms with Crippen molar-refractivity contribution in [1.29, 1.82) is 0 Å². The number of benzene rings is 2. The van der Waals surface area contributed by atoms with E-state index in [0.29, 0.717) is 17.1 Å². The van der Waals surface area contributed by atoms with Crippen LogP contribution in [0.25, 0.3) is 0 Å². The average Bonchev–Trinajstić information content (AvgIpc) is 2.54. The van der Waals surface area contributed by atoms with E-state index in [0.717, 1.165) is 0 Å². The maximum Gasteiger partial charge on any atom is 0.321 e. The van der Waals surface area contributed by atoms with Crippen molar-refractivity contribution in [3.63, 3.8) is 0 Å². The summed E-state index contributed by atoms with van der Waals surface area (Å²) in [6.45, 7) is 1.53. The highest BCUT2D eigenvalue weighted by Crippen LogP contribution is 2.30. The summed E-state index contributed by atoms with van der Waals surface area (Å²) in [6.07, 6.45) is -0.199. The van der Waals surface area contributed by atoms with E-state index >= 15 is 0 Å². The smallest absolute Gasteiger partial charge is 0.321 e. The minimum Gasteiger partial charge on any atom is -0.480 e. The van der Waals surface area contributed by atoms with Gasteiger partial charge in [-0.25, -0.2) is 4.39 Å². The molecule has 2 aromatic carbocycles. The van der Waals surface area contributed by atoms with Gasteiger partial charge < -0.3 is 14.9 Å². The standard InChI is InChI=1S/C18H17FO5/c1-2-18(16(20)21,17(22)23)11-12-4-3-5-15(10-12)24-14-8-6-13(19)7-9-14/h3-10H,2,11H2,1H3,(H,20,21)(H,22,23). The number of aliphatic carboxylic acids is 2. The summed E-state index contributed by atoms with van der Waals surface area (Å²) in [5.41, 5.74) is -1.35. The quantitative estimate of drug-likeness (QED) is 0.755. The van der Waals surface area contributed by atoms with Gasteiger partial charge in [0.1, 0.15) is 17.3 Å². The molecule has 0 unspecified atom stereocenters. The lowest BCUT2D eigenvalue weighted by Crippen LogP contribution is -2.40. The summed E-state index contributed by atoms with van der Waals surface area (Å²) < 4.78 is 18.5. The van der Waals surface area contributed by atoms with Crippen molar-refractivity contribution in [3.8, 4) is 11.5 Å². The third kappa shape index (κ3) is 3.71. The van der Waals surface area contributed by atoms with Gasteiger partial charge in [0, 0.05) is 0 Å². The Morgan fingerprint density at radius 1 is 1.04 bits per heavy atom. The second-order valence-electron chi connectivity index (χ2n) is 5.43. The van der Waals surface area contributed by atoms with E-state index in [-0.39, 0.29) is 18.7 Å². The first kappa shape index (κ1) is 17.5. The molecule has 0 aliphatic rings. The summed E-state index contributed by atoms with van der Waals surface area (Å²) in [5, 5.41) is 18.7. The average molecular weight is 332 g/mol. The molecule has 2 aromatic rings. The number of ether oxygens (including phenoxy) is 1. The zero-order valence-electron chi connectivity index (χ0n) is 13.0. The molecule has 0 spiro atoms. The fourth-order valence-electron chi connectivity index (χ4n) is 2.38. The monoisotopic (exact) mass is 332 g/mol. The highest BCUT2D eigenvalue weighted by Gasteiger charge is 2.44. The molecular formula is C18H17FO5. The van der Waals surface area contributed by atoms with Gasteiger partial charge in [0.25, 0.3) is 0 Å². The summed E-state index contributed by atoms with van der Waals surface area (Å²) in [5.74, 6) is -2.29. The van der Waals surface area contributed by atoms with Crippen LogP contribution in [0.15, 0.2) is 48.5 Å². The number of carboxylic acid groups (broad SMARTS) is 2. The molecular weight excluding hydrogens is 315 g/mol. The molecule has 2 N–H and O–H groups in total. The largest absolute Gasteiger partial charge is 0.480 e. The van der Waals surface area contributed by atoms with Crippen LogP contribution >= 0.6 is 0 Å². The first-order valence-electron chi connectivity index (χ1n) is 7.36. The van der Waals surface area contributed by atoms with Crippen LogP contribution in [-0.4, -0.2) is 22.2 Å². The maximum absolute atomic E-state index is 12.9. The van der Waals surface area contributed by atoms with Crippen molar-refractivity contribution < 1.29 is 28.9 Å². The second kappa shape index (κ2) is 7.12. The Morgan fingerprint density at radius 3 is 2.21 bits per heavy atom. The predicted octanol–water partition coefficient (Wildman–Crippen LogP) is 3.73. The first-order valence-corrected chi connectivity index (χ1v) is 7.36. The predicted molar refractivity (Wildman–Crippen MR) is 84.6 cm³/mol. The van der Waals surface area contributed by atoms with Crippen molar-refractivity contribution in [2.75, 3.05) is 0 Å². The van der Waals surface area contributed by atoms with Crippen LogP contribution in [0.3, 0.4) is 0 Å². The van der Waals surface area contributed by atoms with Gasteiger partial charge in [-0.2, -0.15) is 0 Å². The number of carbonyl (C=O) groups is 2. The van der Waals surface area contributed by atoms with Crippen LogP contribution in [0.1, 0.15) is 18.9 Å². The number of hydrogen-bond acceptors (Lipinski definition) is 3. The molecule has 0 bridgehead atoms. The Balaban J connectivity index is 2.24. The highest BCUT2D eigenvalue weighted by atomic mass is 19.1. The third-order valence-electron chi connectivity index (χ3n) is 3.88.